The van der Waals surface area contributed by atoms with Crippen molar-refractivity contribution in [2.24, 2.45) is 0 Å². The summed E-state index contributed by atoms with van der Waals surface area (Å²) in [4.78, 5) is 14.8. The average molecular weight is 352 g/mol. The third-order valence-corrected chi connectivity index (χ3v) is 4.96. The van der Waals surface area contributed by atoms with E-state index in [-0.39, 0.29) is 5.91 Å². The molecule has 0 spiro atoms. The van der Waals surface area contributed by atoms with Crippen LogP contribution >= 0.6 is 0 Å². The number of piperidine rings is 1. The molecule has 0 aliphatic carbocycles. The van der Waals surface area contributed by atoms with Gasteiger partial charge in [0.2, 0.25) is 0 Å². The van der Waals surface area contributed by atoms with Gasteiger partial charge >= 0.3 is 0 Å². The average Bonchev–Trinajstić information content (AvgIpc) is 2.69. The lowest BCUT2D eigenvalue weighted by atomic mass is 10.1. The van der Waals surface area contributed by atoms with Crippen LogP contribution in [0, 0.1) is 0 Å². The number of nitrogens with one attached hydrogen (secondary N) is 1. The number of aryl methyl sites for hydroxylation is 1. The van der Waals surface area contributed by atoms with Gasteiger partial charge in [-0.25, -0.2) is 0 Å². The molecule has 2 aromatic rings. The van der Waals surface area contributed by atoms with E-state index in [2.05, 4.69) is 29.3 Å². The van der Waals surface area contributed by atoms with Crippen molar-refractivity contribution in [1.82, 2.24) is 0 Å². The smallest absolute Gasteiger partial charge is 0.255 e. The quantitative estimate of drug-likeness (QED) is 0.832. The molecule has 1 saturated heterocycles. The van der Waals surface area contributed by atoms with E-state index in [4.69, 9.17) is 4.74 Å². The number of rotatable bonds is 6. The Hall–Kier alpha value is -2.33. The third-order valence-electron chi connectivity index (χ3n) is 4.96. The van der Waals surface area contributed by atoms with E-state index in [1.807, 2.05) is 36.4 Å². The molecule has 0 unspecified atom stereocenters. The summed E-state index contributed by atoms with van der Waals surface area (Å²) in [6.07, 6.45) is 4.73. The van der Waals surface area contributed by atoms with Crippen LogP contribution in [-0.4, -0.2) is 32.2 Å². The Bertz CT molecular complexity index is 710. The first kappa shape index (κ1) is 18.5. The number of hydrogen-bond acceptors (Lipinski definition) is 3. The summed E-state index contributed by atoms with van der Waals surface area (Å²) in [6, 6.07) is 15.9. The van der Waals surface area contributed by atoms with Crippen LogP contribution in [0.25, 0.3) is 0 Å². The van der Waals surface area contributed by atoms with Gasteiger partial charge in [-0.15, -0.1) is 0 Å². The molecular formula is C22H28N2O2. The molecule has 3 rings (SSSR count). The van der Waals surface area contributed by atoms with Crippen molar-refractivity contribution in [3.63, 3.8) is 0 Å². The van der Waals surface area contributed by atoms with Crippen molar-refractivity contribution < 1.29 is 9.53 Å². The predicted octanol–water partition coefficient (Wildman–Crippen LogP) is 4.51. The van der Waals surface area contributed by atoms with Crippen LogP contribution in [-0.2, 0) is 11.2 Å². The predicted molar refractivity (Wildman–Crippen MR) is 107 cm³/mol. The van der Waals surface area contributed by atoms with Crippen molar-refractivity contribution in [1.29, 1.82) is 0 Å². The second-order valence-corrected chi connectivity index (χ2v) is 6.89. The lowest BCUT2D eigenvalue weighted by Gasteiger charge is -2.33. The Morgan fingerprint density at radius 1 is 1.15 bits per heavy atom. The topological polar surface area (TPSA) is 41.6 Å². The normalized spacial score (nSPS) is 17.2. The fraction of sp³-hybridized carbons (Fsp3) is 0.409. The van der Waals surface area contributed by atoms with Crippen LogP contribution in [0.2, 0.25) is 0 Å². The van der Waals surface area contributed by atoms with Gasteiger partial charge < -0.3 is 15.0 Å². The second kappa shape index (κ2) is 8.86. The highest BCUT2D eigenvalue weighted by atomic mass is 16.5. The summed E-state index contributed by atoms with van der Waals surface area (Å²) >= 11 is 0. The number of amides is 1. The van der Waals surface area contributed by atoms with Crippen LogP contribution in [0.1, 0.15) is 42.1 Å². The third kappa shape index (κ3) is 4.64. The first-order valence-electron chi connectivity index (χ1n) is 9.47. The lowest BCUT2D eigenvalue weighted by molar-refractivity contribution is 0.0893. The Labute approximate surface area is 156 Å². The van der Waals surface area contributed by atoms with Gasteiger partial charge in [0.1, 0.15) is 0 Å². The zero-order chi connectivity index (χ0) is 18.4. The van der Waals surface area contributed by atoms with Gasteiger partial charge in [0.15, 0.2) is 0 Å². The van der Waals surface area contributed by atoms with Crippen molar-refractivity contribution >= 4 is 17.3 Å². The van der Waals surface area contributed by atoms with Gasteiger partial charge in [-0.1, -0.05) is 25.5 Å². The molecule has 0 radical (unpaired) electrons. The minimum atomic E-state index is -0.0711. The van der Waals surface area contributed by atoms with Crippen molar-refractivity contribution in [3.8, 4) is 0 Å². The Morgan fingerprint density at radius 2 is 1.88 bits per heavy atom. The van der Waals surface area contributed by atoms with Gasteiger partial charge in [-0.3, -0.25) is 4.79 Å². The fourth-order valence-electron chi connectivity index (χ4n) is 3.44. The van der Waals surface area contributed by atoms with Crippen molar-refractivity contribution in [2.75, 3.05) is 30.4 Å². The van der Waals surface area contributed by atoms with E-state index in [0.717, 1.165) is 44.5 Å². The second-order valence-electron chi connectivity index (χ2n) is 6.89. The molecule has 1 amide bonds. The molecule has 0 bridgehead atoms. The maximum absolute atomic E-state index is 12.4. The molecule has 4 heteroatoms. The summed E-state index contributed by atoms with van der Waals surface area (Å²) in [5, 5.41) is 2.98. The van der Waals surface area contributed by atoms with E-state index in [1.54, 1.807) is 7.11 Å². The van der Waals surface area contributed by atoms with Crippen LogP contribution in [0.15, 0.2) is 48.5 Å². The molecule has 1 atom stereocenters. The molecule has 1 fully saturated rings. The minimum Gasteiger partial charge on any atom is -0.380 e. The van der Waals surface area contributed by atoms with Crippen LogP contribution in [0.3, 0.4) is 0 Å². The number of ether oxygens (including phenoxy) is 1. The van der Waals surface area contributed by atoms with Gasteiger partial charge in [-0.2, -0.15) is 0 Å². The molecule has 0 saturated carbocycles. The highest BCUT2D eigenvalue weighted by Crippen LogP contribution is 2.23. The van der Waals surface area contributed by atoms with E-state index in [1.165, 1.54) is 11.3 Å². The van der Waals surface area contributed by atoms with E-state index in [9.17, 15) is 4.79 Å². The molecule has 1 aliphatic heterocycles. The minimum absolute atomic E-state index is 0.0711. The van der Waals surface area contributed by atoms with E-state index >= 15 is 0 Å². The van der Waals surface area contributed by atoms with Crippen molar-refractivity contribution in [3.05, 3.63) is 59.7 Å². The first-order valence-corrected chi connectivity index (χ1v) is 9.47. The van der Waals surface area contributed by atoms with Gasteiger partial charge in [0.25, 0.3) is 5.91 Å². The molecular weight excluding hydrogens is 324 g/mol. The molecule has 0 aromatic heterocycles. The summed E-state index contributed by atoms with van der Waals surface area (Å²) in [5.74, 6) is -0.0711. The highest BCUT2D eigenvalue weighted by molar-refractivity contribution is 6.04. The zero-order valence-electron chi connectivity index (χ0n) is 15.7. The number of benzene rings is 2. The molecule has 1 N–H and O–H groups in total. The molecule has 1 aliphatic rings. The summed E-state index contributed by atoms with van der Waals surface area (Å²) in [5.41, 5.74) is 3.95. The Morgan fingerprint density at radius 3 is 2.54 bits per heavy atom. The summed E-state index contributed by atoms with van der Waals surface area (Å²) < 4.78 is 5.49. The van der Waals surface area contributed by atoms with Gasteiger partial charge in [0.05, 0.1) is 6.10 Å². The molecule has 26 heavy (non-hydrogen) atoms. The maximum atomic E-state index is 12.4. The largest absolute Gasteiger partial charge is 0.380 e. The molecule has 1 heterocycles. The Balaban J connectivity index is 1.60. The molecule has 138 valence electrons. The number of nitrogens with zero attached hydrogens (tertiary/aromatic N) is 1. The van der Waals surface area contributed by atoms with E-state index < -0.39 is 0 Å². The molecule has 4 nitrogen and oxygen atoms in total. The van der Waals surface area contributed by atoms with Crippen molar-refractivity contribution in [2.45, 2.75) is 38.7 Å². The summed E-state index contributed by atoms with van der Waals surface area (Å²) in [6.45, 7) is 4.13. The standard InChI is InChI=1S/C22H28N2O2/c1-3-5-17-7-9-18(10-8-17)22(25)23-19-11-13-20(14-12-19)24-15-4-6-21(16-24)26-2/h7-14,21H,3-6,15-16H2,1-2H3,(H,23,25)/t21-/m0/s1. The maximum Gasteiger partial charge on any atom is 0.255 e. The number of carbonyl (C=O) groups excluding carboxylic acids is 1. The van der Waals surface area contributed by atoms with Gasteiger partial charge in [-0.05, 0) is 61.2 Å². The number of hydrogen-bond donors (Lipinski definition) is 1. The molecule has 2 aromatic carbocycles. The number of carbonyl (C=O) groups is 1. The van der Waals surface area contributed by atoms with Gasteiger partial charge in [0, 0.05) is 37.1 Å². The number of methoxy groups -OCH3 is 1. The van der Waals surface area contributed by atoms with Crippen LogP contribution in [0.4, 0.5) is 11.4 Å². The number of anilines is 2. The summed E-state index contributed by atoms with van der Waals surface area (Å²) in [7, 11) is 1.78. The lowest BCUT2D eigenvalue weighted by Crippen LogP contribution is -2.39. The van der Waals surface area contributed by atoms with Crippen LogP contribution < -0.4 is 10.2 Å². The Kier molecular flexibility index (Phi) is 6.29. The highest BCUT2D eigenvalue weighted by Gasteiger charge is 2.19. The van der Waals surface area contributed by atoms with Crippen LogP contribution in [0.5, 0.6) is 0 Å². The first-order chi connectivity index (χ1) is 12.7. The monoisotopic (exact) mass is 352 g/mol. The SMILES string of the molecule is CCCc1ccc(C(=O)Nc2ccc(N3CCC[C@H](OC)C3)cc2)cc1. The zero-order valence-corrected chi connectivity index (χ0v) is 15.7. The fourth-order valence-corrected chi connectivity index (χ4v) is 3.44. The van der Waals surface area contributed by atoms with E-state index in [0.29, 0.717) is 11.7 Å².